The molecule has 26 heavy (non-hydrogen) atoms. The zero-order valence-corrected chi connectivity index (χ0v) is 15.0. The Bertz CT molecular complexity index is 1160. The fraction of sp³-hybridized carbons (Fsp3) is 0.294. The van der Waals surface area contributed by atoms with Gasteiger partial charge in [-0.05, 0) is 24.3 Å². The second kappa shape index (κ2) is 6.26. The second-order valence-corrected chi connectivity index (χ2v) is 8.31. The molecule has 3 aromatic rings. The summed E-state index contributed by atoms with van der Waals surface area (Å²) >= 11 is 0. The summed E-state index contributed by atoms with van der Waals surface area (Å²) in [5.74, 6) is 0. The van der Waals surface area contributed by atoms with Crippen LogP contribution in [-0.2, 0) is 29.3 Å². The molecule has 0 spiro atoms. The van der Waals surface area contributed by atoms with E-state index in [4.69, 9.17) is 0 Å². The fourth-order valence-corrected chi connectivity index (χ4v) is 3.63. The van der Waals surface area contributed by atoms with E-state index >= 15 is 0 Å². The molecule has 0 atom stereocenters. The maximum absolute atomic E-state index is 12.3. The number of nitrogens with zero attached hydrogens (tertiary/aromatic N) is 4. The van der Waals surface area contributed by atoms with E-state index in [1.165, 1.54) is 0 Å². The zero-order chi connectivity index (χ0) is 18.3. The number of hydrogen-bond donors (Lipinski definition) is 1. The topological polar surface area (TPSA) is 109 Å². The van der Waals surface area contributed by atoms with Crippen LogP contribution in [-0.4, -0.2) is 46.1 Å². The lowest BCUT2D eigenvalue weighted by atomic mass is 10.1. The Morgan fingerprint density at radius 1 is 1.23 bits per heavy atom. The number of hydrogen-bond acceptors (Lipinski definition) is 7. The van der Waals surface area contributed by atoms with Crippen molar-refractivity contribution >= 4 is 20.9 Å². The highest BCUT2D eigenvalue weighted by Crippen LogP contribution is 2.18. The zero-order valence-electron chi connectivity index (χ0n) is 14.1. The van der Waals surface area contributed by atoms with Crippen LogP contribution in [0.3, 0.4) is 0 Å². The van der Waals surface area contributed by atoms with Gasteiger partial charge in [-0.15, -0.1) is 0 Å². The quantitative estimate of drug-likeness (QED) is 0.674. The first-order valence-electron chi connectivity index (χ1n) is 8.15. The van der Waals surface area contributed by atoms with E-state index in [0.29, 0.717) is 43.0 Å². The van der Waals surface area contributed by atoms with Crippen molar-refractivity contribution in [1.82, 2.24) is 24.8 Å². The Balaban J connectivity index is 1.59. The van der Waals surface area contributed by atoms with E-state index in [1.54, 1.807) is 6.20 Å². The molecule has 0 fully saturated rings. The first kappa shape index (κ1) is 16.8. The van der Waals surface area contributed by atoms with Crippen LogP contribution in [0.15, 0.2) is 40.4 Å². The monoisotopic (exact) mass is 371 g/mol. The molecule has 1 aliphatic rings. The summed E-state index contributed by atoms with van der Waals surface area (Å²) in [5, 5.41) is 0.714. The number of nitrogens with one attached hydrogen (secondary N) is 1. The van der Waals surface area contributed by atoms with E-state index < -0.39 is 15.4 Å². The minimum atomic E-state index is -3.54. The van der Waals surface area contributed by atoms with E-state index in [0.717, 1.165) is 17.3 Å². The SMILES string of the molecule is CS(=O)(=O)c1nc2c(c(=O)[nH]1)CN(Cc1ccc3cccnc3n1)CC2. The lowest BCUT2D eigenvalue weighted by molar-refractivity contribution is 0.238. The number of pyridine rings is 2. The Hall–Kier alpha value is -2.65. The second-order valence-electron chi connectivity index (χ2n) is 6.38. The molecule has 1 aliphatic heterocycles. The van der Waals surface area contributed by atoms with Crippen molar-refractivity contribution in [3.05, 3.63) is 57.8 Å². The first-order chi connectivity index (χ1) is 12.4. The number of sulfone groups is 1. The van der Waals surface area contributed by atoms with Gasteiger partial charge in [0.1, 0.15) is 0 Å². The molecular formula is C17H17N5O3S. The average Bonchev–Trinajstić information content (AvgIpc) is 2.61. The van der Waals surface area contributed by atoms with E-state index in [9.17, 15) is 13.2 Å². The fourth-order valence-electron chi connectivity index (χ4n) is 3.08. The Morgan fingerprint density at radius 3 is 2.88 bits per heavy atom. The molecule has 0 unspecified atom stereocenters. The Kier molecular flexibility index (Phi) is 4.04. The predicted octanol–water partition coefficient (Wildman–Crippen LogP) is 0.675. The summed E-state index contributed by atoms with van der Waals surface area (Å²) in [6.07, 6.45) is 3.26. The molecule has 9 heteroatoms. The van der Waals surface area contributed by atoms with Gasteiger partial charge in [0.25, 0.3) is 5.56 Å². The summed E-state index contributed by atoms with van der Waals surface area (Å²) in [5.41, 5.74) is 2.24. The number of H-pyrrole nitrogens is 1. The van der Waals surface area contributed by atoms with Crippen LogP contribution < -0.4 is 5.56 Å². The maximum atomic E-state index is 12.3. The van der Waals surface area contributed by atoms with Crippen LogP contribution in [0.2, 0.25) is 0 Å². The molecule has 4 rings (SSSR count). The van der Waals surface area contributed by atoms with E-state index in [2.05, 4.69) is 24.8 Å². The van der Waals surface area contributed by atoms with Crippen molar-refractivity contribution in [2.45, 2.75) is 24.7 Å². The molecule has 3 aromatic heterocycles. The van der Waals surface area contributed by atoms with Crippen molar-refractivity contribution in [2.24, 2.45) is 0 Å². The molecule has 0 amide bonds. The van der Waals surface area contributed by atoms with Gasteiger partial charge >= 0.3 is 0 Å². The molecule has 0 aromatic carbocycles. The summed E-state index contributed by atoms with van der Waals surface area (Å²) in [4.78, 5) is 29.7. The van der Waals surface area contributed by atoms with Gasteiger partial charge in [0.15, 0.2) is 5.65 Å². The largest absolute Gasteiger partial charge is 0.297 e. The van der Waals surface area contributed by atoms with Gasteiger partial charge in [0.2, 0.25) is 15.0 Å². The van der Waals surface area contributed by atoms with Crippen molar-refractivity contribution in [3.8, 4) is 0 Å². The number of aromatic amines is 1. The van der Waals surface area contributed by atoms with Gasteiger partial charge in [0.05, 0.1) is 17.0 Å². The van der Waals surface area contributed by atoms with Crippen LogP contribution >= 0.6 is 0 Å². The molecule has 0 saturated carbocycles. The highest BCUT2D eigenvalue weighted by Gasteiger charge is 2.23. The van der Waals surface area contributed by atoms with Gasteiger partial charge < -0.3 is 0 Å². The number of fused-ring (bicyclic) bond motifs is 2. The lowest BCUT2D eigenvalue weighted by Crippen LogP contribution is -2.36. The summed E-state index contributed by atoms with van der Waals surface area (Å²) in [6.45, 7) is 1.66. The van der Waals surface area contributed by atoms with Gasteiger partial charge in [-0.1, -0.05) is 0 Å². The minimum Gasteiger partial charge on any atom is -0.297 e. The highest BCUT2D eigenvalue weighted by atomic mass is 32.2. The molecule has 0 saturated heterocycles. The Labute approximate surface area is 149 Å². The Morgan fingerprint density at radius 2 is 2.08 bits per heavy atom. The molecule has 134 valence electrons. The number of rotatable bonds is 3. The summed E-state index contributed by atoms with van der Waals surface area (Å²) in [6, 6.07) is 7.76. The third-order valence-corrected chi connectivity index (χ3v) is 5.28. The van der Waals surface area contributed by atoms with E-state index in [-0.39, 0.29) is 5.16 Å². The van der Waals surface area contributed by atoms with Gasteiger partial charge in [-0.25, -0.2) is 23.4 Å². The molecule has 0 aliphatic carbocycles. The molecule has 0 bridgehead atoms. The molecule has 8 nitrogen and oxygen atoms in total. The van der Waals surface area contributed by atoms with Crippen molar-refractivity contribution in [3.63, 3.8) is 0 Å². The van der Waals surface area contributed by atoms with Gasteiger partial charge in [-0.2, -0.15) is 0 Å². The van der Waals surface area contributed by atoms with Crippen LogP contribution in [0.25, 0.3) is 11.0 Å². The molecule has 0 radical (unpaired) electrons. The average molecular weight is 371 g/mol. The maximum Gasteiger partial charge on any atom is 0.256 e. The summed E-state index contributed by atoms with van der Waals surface area (Å²) in [7, 11) is -3.54. The molecular weight excluding hydrogens is 354 g/mol. The molecule has 1 N–H and O–H groups in total. The first-order valence-corrected chi connectivity index (χ1v) is 10.0. The van der Waals surface area contributed by atoms with E-state index in [1.807, 2.05) is 24.3 Å². The smallest absolute Gasteiger partial charge is 0.256 e. The lowest BCUT2D eigenvalue weighted by Gasteiger charge is -2.27. The van der Waals surface area contributed by atoms with Crippen molar-refractivity contribution in [2.75, 3.05) is 12.8 Å². The van der Waals surface area contributed by atoms with Crippen LogP contribution in [0.4, 0.5) is 0 Å². The third kappa shape index (κ3) is 3.23. The van der Waals surface area contributed by atoms with Gasteiger partial charge in [0, 0.05) is 43.9 Å². The van der Waals surface area contributed by atoms with Crippen LogP contribution in [0.1, 0.15) is 17.0 Å². The molecule has 4 heterocycles. The third-order valence-electron chi connectivity index (χ3n) is 4.38. The minimum absolute atomic E-state index is 0.267. The van der Waals surface area contributed by atoms with Crippen molar-refractivity contribution in [1.29, 1.82) is 0 Å². The highest BCUT2D eigenvalue weighted by molar-refractivity contribution is 7.90. The van der Waals surface area contributed by atoms with Gasteiger partial charge in [-0.3, -0.25) is 14.7 Å². The van der Waals surface area contributed by atoms with Crippen LogP contribution in [0, 0.1) is 0 Å². The van der Waals surface area contributed by atoms with Crippen LogP contribution in [0.5, 0.6) is 0 Å². The number of aromatic nitrogens is 4. The standard InChI is InChI=1S/C17H17N5O3S/c1-26(24,25)17-20-14-6-8-22(10-13(14)16(23)21-17)9-12-5-4-11-3-2-7-18-15(11)19-12/h2-5,7H,6,8-10H2,1H3,(H,20,21,23). The normalized spacial score (nSPS) is 15.1. The summed E-state index contributed by atoms with van der Waals surface area (Å²) < 4.78 is 23.3. The van der Waals surface area contributed by atoms with Crippen molar-refractivity contribution < 1.29 is 8.42 Å². The predicted molar refractivity (Wildman–Crippen MR) is 95.3 cm³/mol.